The van der Waals surface area contributed by atoms with Crippen LogP contribution in [0.4, 0.5) is 0 Å². The third kappa shape index (κ3) is 2.31. The zero-order valence-corrected chi connectivity index (χ0v) is 8.96. The molecule has 2 aromatic heterocycles. The summed E-state index contributed by atoms with van der Waals surface area (Å²) in [6.07, 6.45) is 4.32. The number of pyridine rings is 1. The standard InChI is InChI=1S/C8H5N3O2S2/c12-7(13)5-3-9-2-1-6(5)14-8-10-4-11-15-8/h1-4H,(H,12,13). The van der Waals surface area contributed by atoms with Gasteiger partial charge in [0.2, 0.25) is 0 Å². The molecule has 0 saturated carbocycles. The van der Waals surface area contributed by atoms with Gasteiger partial charge in [-0.2, -0.15) is 4.37 Å². The summed E-state index contributed by atoms with van der Waals surface area (Å²) in [4.78, 5) is 19.2. The third-order valence-electron chi connectivity index (χ3n) is 1.55. The second kappa shape index (κ2) is 4.37. The normalized spacial score (nSPS) is 10.1. The Hall–Kier alpha value is -1.47. The third-order valence-corrected chi connectivity index (χ3v) is 3.34. The van der Waals surface area contributed by atoms with Crippen molar-refractivity contribution in [2.24, 2.45) is 0 Å². The molecule has 1 N–H and O–H groups in total. The highest BCUT2D eigenvalue weighted by molar-refractivity contribution is 8.01. The maximum absolute atomic E-state index is 10.9. The van der Waals surface area contributed by atoms with Crippen molar-refractivity contribution in [3.8, 4) is 0 Å². The van der Waals surface area contributed by atoms with Crippen LogP contribution in [-0.4, -0.2) is 25.4 Å². The highest BCUT2D eigenvalue weighted by Crippen LogP contribution is 2.30. The van der Waals surface area contributed by atoms with Gasteiger partial charge < -0.3 is 5.11 Å². The van der Waals surface area contributed by atoms with Crippen molar-refractivity contribution in [1.82, 2.24) is 14.3 Å². The van der Waals surface area contributed by atoms with Gasteiger partial charge >= 0.3 is 5.97 Å². The highest BCUT2D eigenvalue weighted by Gasteiger charge is 2.11. The van der Waals surface area contributed by atoms with Gasteiger partial charge in [0, 0.05) is 17.3 Å². The quantitative estimate of drug-likeness (QED) is 0.879. The highest BCUT2D eigenvalue weighted by atomic mass is 32.2. The lowest BCUT2D eigenvalue weighted by atomic mass is 10.3. The maximum Gasteiger partial charge on any atom is 0.338 e. The first-order valence-electron chi connectivity index (χ1n) is 3.89. The van der Waals surface area contributed by atoms with Gasteiger partial charge in [-0.05, 0) is 17.6 Å². The van der Waals surface area contributed by atoms with Crippen LogP contribution in [0.25, 0.3) is 0 Å². The maximum atomic E-state index is 10.9. The molecule has 0 bridgehead atoms. The molecule has 0 amide bonds. The largest absolute Gasteiger partial charge is 0.478 e. The SMILES string of the molecule is O=C(O)c1cnccc1Sc1ncns1. The zero-order chi connectivity index (χ0) is 10.7. The predicted octanol–water partition coefficient (Wildman–Crippen LogP) is 1.78. The molecule has 0 unspecified atom stereocenters. The summed E-state index contributed by atoms with van der Waals surface area (Å²) in [5, 5.41) is 8.91. The molecule has 0 radical (unpaired) electrons. The lowest BCUT2D eigenvalue weighted by Gasteiger charge is -2.00. The molecule has 0 aromatic carbocycles. The van der Waals surface area contributed by atoms with Gasteiger partial charge in [0.15, 0.2) is 4.34 Å². The number of carboxylic acids is 1. The Morgan fingerprint density at radius 1 is 1.53 bits per heavy atom. The number of aromatic carboxylic acids is 1. The van der Waals surface area contributed by atoms with E-state index in [0.717, 1.165) is 0 Å². The molecule has 5 nitrogen and oxygen atoms in total. The minimum absolute atomic E-state index is 0.178. The van der Waals surface area contributed by atoms with Crippen LogP contribution in [-0.2, 0) is 0 Å². The molecule has 0 spiro atoms. The Bertz CT molecular complexity index is 472. The summed E-state index contributed by atoms with van der Waals surface area (Å²) in [6.45, 7) is 0. The minimum Gasteiger partial charge on any atom is -0.478 e. The van der Waals surface area contributed by atoms with Gasteiger partial charge in [0.1, 0.15) is 6.33 Å². The number of nitrogens with zero attached hydrogens (tertiary/aromatic N) is 3. The number of aromatic nitrogens is 3. The smallest absolute Gasteiger partial charge is 0.338 e. The van der Waals surface area contributed by atoms with Crippen molar-refractivity contribution in [1.29, 1.82) is 0 Å². The van der Waals surface area contributed by atoms with E-state index in [1.54, 1.807) is 12.3 Å². The van der Waals surface area contributed by atoms with Gasteiger partial charge in [-0.25, -0.2) is 9.78 Å². The summed E-state index contributed by atoms with van der Waals surface area (Å²) < 4.78 is 4.55. The monoisotopic (exact) mass is 239 g/mol. The van der Waals surface area contributed by atoms with Crippen molar-refractivity contribution in [2.45, 2.75) is 9.24 Å². The average molecular weight is 239 g/mol. The molecule has 15 heavy (non-hydrogen) atoms. The Morgan fingerprint density at radius 2 is 2.40 bits per heavy atom. The molecule has 2 aromatic rings. The van der Waals surface area contributed by atoms with E-state index in [-0.39, 0.29) is 5.56 Å². The van der Waals surface area contributed by atoms with E-state index in [1.165, 1.54) is 35.8 Å². The average Bonchev–Trinajstić information content (AvgIpc) is 2.71. The molecule has 0 saturated heterocycles. The van der Waals surface area contributed by atoms with E-state index in [0.29, 0.717) is 9.24 Å². The molecule has 0 fully saturated rings. The van der Waals surface area contributed by atoms with Crippen LogP contribution in [0.3, 0.4) is 0 Å². The first-order chi connectivity index (χ1) is 7.27. The Morgan fingerprint density at radius 3 is 3.07 bits per heavy atom. The van der Waals surface area contributed by atoms with Crippen LogP contribution in [0, 0.1) is 0 Å². The lowest BCUT2D eigenvalue weighted by molar-refractivity contribution is 0.0692. The van der Waals surface area contributed by atoms with Crippen LogP contribution in [0.1, 0.15) is 10.4 Å². The lowest BCUT2D eigenvalue weighted by Crippen LogP contribution is -1.99. The predicted molar refractivity (Wildman–Crippen MR) is 55.2 cm³/mol. The number of carboxylic acid groups (broad SMARTS) is 1. The van der Waals surface area contributed by atoms with E-state index in [1.807, 2.05) is 0 Å². The van der Waals surface area contributed by atoms with Crippen LogP contribution in [0.2, 0.25) is 0 Å². The van der Waals surface area contributed by atoms with E-state index >= 15 is 0 Å². The number of hydrogen-bond acceptors (Lipinski definition) is 6. The van der Waals surface area contributed by atoms with Crippen molar-refractivity contribution in [3.05, 3.63) is 30.4 Å². The molecule has 76 valence electrons. The second-order valence-corrected chi connectivity index (χ2v) is 4.56. The molecule has 7 heteroatoms. The summed E-state index contributed by atoms with van der Waals surface area (Å²) in [6, 6.07) is 1.65. The minimum atomic E-state index is -0.991. The Labute approximate surface area is 93.4 Å². The zero-order valence-electron chi connectivity index (χ0n) is 7.32. The van der Waals surface area contributed by atoms with Crippen molar-refractivity contribution >= 4 is 29.3 Å². The van der Waals surface area contributed by atoms with Gasteiger partial charge in [-0.15, -0.1) is 0 Å². The second-order valence-electron chi connectivity index (χ2n) is 2.49. The fraction of sp³-hybridized carbons (Fsp3) is 0. The van der Waals surface area contributed by atoms with E-state index < -0.39 is 5.97 Å². The topological polar surface area (TPSA) is 76.0 Å². The summed E-state index contributed by atoms with van der Waals surface area (Å²) in [7, 11) is 0. The molecule has 0 aliphatic rings. The van der Waals surface area contributed by atoms with Gasteiger partial charge in [-0.1, -0.05) is 11.8 Å². The summed E-state index contributed by atoms with van der Waals surface area (Å²) in [5.74, 6) is -0.991. The Balaban J connectivity index is 2.32. The molecule has 0 aliphatic heterocycles. The fourth-order valence-corrected chi connectivity index (χ4v) is 2.43. The van der Waals surface area contributed by atoms with Crippen LogP contribution in [0.15, 0.2) is 34.0 Å². The Kier molecular flexibility index (Phi) is 2.93. The van der Waals surface area contributed by atoms with Crippen molar-refractivity contribution in [2.75, 3.05) is 0 Å². The first-order valence-corrected chi connectivity index (χ1v) is 5.48. The van der Waals surface area contributed by atoms with E-state index in [2.05, 4.69) is 14.3 Å². The van der Waals surface area contributed by atoms with E-state index in [4.69, 9.17) is 5.11 Å². The van der Waals surface area contributed by atoms with Crippen molar-refractivity contribution in [3.63, 3.8) is 0 Å². The van der Waals surface area contributed by atoms with Crippen LogP contribution < -0.4 is 0 Å². The molecule has 0 aliphatic carbocycles. The molecule has 2 heterocycles. The molecule has 2 rings (SSSR count). The van der Waals surface area contributed by atoms with Gasteiger partial charge in [-0.3, -0.25) is 4.98 Å². The molecular formula is C8H5N3O2S2. The number of rotatable bonds is 3. The van der Waals surface area contributed by atoms with Crippen LogP contribution >= 0.6 is 23.3 Å². The first kappa shape index (κ1) is 10.1. The van der Waals surface area contributed by atoms with Crippen LogP contribution in [0.5, 0.6) is 0 Å². The van der Waals surface area contributed by atoms with Crippen molar-refractivity contribution < 1.29 is 9.90 Å². The molecule has 0 atom stereocenters. The number of hydrogen-bond donors (Lipinski definition) is 1. The summed E-state index contributed by atoms with van der Waals surface area (Å²) in [5.41, 5.74) is 0.178. The van der Waals surface area contributed by atoms with E-state index in [9.17, 15) is 4.79 Å². The van der Waals surface area contributed by atoms with Gasteiger partial charge in [0.05, 0.1) is 5.56 Å². The molecular weight excluding hydrogens is 234 g/mol. The van der Waals surface area contributed by atoms with Gasteiger partial charge in [0.25, 0.3) is 0 Å². The fourth-order valence-electron chi connectivity index (χ4n) is 0.933. The number of carbonyl (C=O) groups is 1. The summed E-state index contributed by atoms with van der Waals surface area (Å²) >= 11 is 2.50.